The van der Waals surface area contributed by atoms with Gasteiger partial charge in [-0.2, -0.15) is 0 Å². The molecule has 0 fully saturated rings. The average molecular weight is 124 g/mol. The molecule has 0 aromatic heterocycles. The quantitative estimate of drug-likeness (QED) is 0.499. The molecule has 0 amide bonds. The van der Waals surface area contributed by atoms with Crippen LogP contribution >= 0.6 is 0 Å². The molecule has 48 valence electrons. The molecule has 0 spiro atoms. The van der Waals surface area contributed by atoms with Gasteiger partial charge in [0.05, 0.1) is 0 Å². The lowest BCUT2D eigenvalue weighted by Crippen LogP contribution is -2.29. The Balaban J connectivity index is 2.23. The Labute approximate surface area is 53.6 Å². The van der Waals surface area contributed by atoms with Crippen LogP contribution in [-0.4, -0.2) is 18.2 Å². The van der Waals surface area contributed by atoms with Gasteiger partial charge in [-0.25, -0.2) is 5.43 Å². The first-order valence-electron chi connectivity index (χ1n) is 2.99. The maximum Gasteiger partial charge on any atom is 0.205 e. The summed E-state index contributed by atoms with van der Waals surface area (Å²) in [7, 11) is 0. The molecule has 3 nitrogen and oxygen atoms in total. The molecule has 0 radical (unpaired) electrons. The minimum absolute atomic E-state index is 0.698. The second-order valence-electron chi connectivity index (χ2n) is 1.97. The van der Waals surface area contributed by atoms with E-state index in [1.54, 1.807) is 0 Å². The van der Waals surface area contributed by atoms with Crippen molar-refractivity contribution in [1.29, 1.82) is 0 Å². The third-order valence-corrected chi connectivity index (χ3v) is 1.36. The van der Waals surface area contributed by atoms with Crippen LogP contribution in [0, 0.1) is 0 Å². The summed E-state index contributed by atoms with van der Waals surface area (Å²) in [5.41, 5.74) is 3.09. The van der Waals surface area contributed by atoms with Crippen molar-refractivity contribution in [2.75, 3.05) is 13.2 Å². The number of nitrogens with zero attached hydrogens (tertiary/aromatic N) is 1. The van der Waals surface area contributed by atoms with Gasteiger partial charge in [-0.15, -0.1) is 0 Å². The average Bonchev–Trinajstić information content (AvgIpc) is 2.33. The van der Waals surface area contributed by atoms with Crippen molar-refractivity contribution in [2.45, 2.75) is 0 Å². The number of ether oxygens (including phenoxy) is 1. The van der Waals surface area contributed by atoms with Crippen LogP contribution in [0.4, 0.5) is 0 Å². The molecule has 0 unspecified atom stereocenters. The van der Waals surface area contributed by atoms with E-state index in [4.69, 9.17) is 4.74 Å². The first-order chi connectivity index (χ1) is 4.47. The van der Waals surface area contributed by atoms with Crippen molar-refractivity contribution in [3.8, 4) is 0 Å². The lowest BCUT2D eigenvalue weighted by atomic mass is 10.5. The molecule has 0 atom stereocenters. The van der Waals surface area contributed by atoms with E-state index in [2.05, 4.69) is 5.43 Å². The van der Waals surface area contributed by atoms with Gasteiger partial charge in [-0.1, -0.05) is 0 Å². The highest BCUT2D eigenvalue weighted by Crippen LogP contribution is 2.12. The molecule has 2 aliphatic rings. The van der Waals surface area contributed by atoms with Crippen LogP contribution in [0.5, 0.6) is 0 Å². The van der Waals surface area contributed by atoms with E-state index < -0.39 is 0 Å². The van der Waals surface area contributed by atoms with E-state index in [-0.39, 0.29) is 0 Å². The molecule has 0 aromatic rings. The Morgan fingerprint density at radius 3 is 3.56 bits per heavy atom. The molecule has 0 saturated heterocycles. The van der Waals surface area contributed by atoms with E-state index in [9.17, 15) is 0 Å². The molecule has 2 rings (SSSR count). The van der Waals surface area contributed by atoms with Gasteiger partial charge in [-0.3, -0.25) is 5.01 Å². The summed E-state index contributed by atoms with van der Waals surface area (Å²) in [6.45, 7) is 1.57. The van der Waals surface area contributed by atoms with Gasteiger partial charge in [-0.05, 0) is 12.2 Å². The van der Waals surface area contributed by atoms with Crippen LogP contribution in [0.15, 0.2) is 24.2 Å². The summed E-state index contributed by atoms with van der Waals surface area (Å²) < 4.78 is 5.24. The summed E-state index contributed by atoms with van der Waals surface area (Å²) in [5.74, 6) is 0.928. The van der Waals surface area contributed by atoms with Crippen molar-refractivity contribution in [3.63, 3.8) is 0 Å². The molecule has 3 heteroatoms. The predicted octanol–water partition coefficient (Wildman–Crippen LogP) is 0.192. The van der Waals surface area contributed by atoms with Crippen LogP contribution in [0.3, 0.4) is 0 Å². The molecule has 0 aliphatic carbocycles. The molecule has 9 heavy (non-hydrogen) atoms. The smallest absolute Gasteiger partial charge is 0.205 e. The van der Waals surface area contributed by atoms with Crippen molar-refractivity contribution < 1.29 is 4.74 Å². The molecule has 2 heterocycles. The van der Waals surface area contributed by atoms with E-state index in [1.165, 1.54) is 0 Å². The Hall–Kier alpha value is -0.960. The van der Waals surface area contributed by atoms with Crippen LogP contribution in [0.1, 0.15) is 0 Å². The first-order valence-corrected chi connectivity index (χ1v) is 2.99. The van der Waals surface area contributed by atoms with Crippen LogP contribution in [0.2, 0.25) is 0 Å². The van der Waals surface area contributed by atoms with Gasteiger partial charge in [0.15, 0.2) is 0 Å². The topological polar surface area (TPSA) is 24.5 Å². The minimum Gasteiger partial charge on any atom is -0.474 e. The van der Waals surface area contributed by atoms with Crippen molar-refractivity contribution in [2.24, 2.45) is 0 Å². The molecule has 0 bridgehead atoms. The maximum atomic E-state index is 5.24. The fraction of sp³-hybridized carbons (Fsp3) is 0.333. The van der Waals surface area contributed by atoms with E-state index in [0.717, 1.165) is 12.4 Å². The number of hydrazine groups is 1. The SMILES string of the molecule is C1=CN2NCC=C2OC1. The fourth-order valence-corrected chi connectivity index (χ4v) is 0.944. The number of nitrogens with one attached hydrogen (secondary N) is 1. The standard InChI is InChI=1S/C6H8N2O/c1-4-8-6(9-5-1)2-3-7-8/h1-2,4,7H,3,5H2. The van der Waals surface area contributed by atoms with Crippen LogP contribution < -0.4 is 5.43 Å². The Bertz CT molecular complexity index is 174. The van der Waals surface area contributed by atoms with Gasteiger partial charge < -0.3 is 4.74 Å². The molecule has 0 saturated carbocycles. The highest BCUT2D eigenvalue weighted by Gasteiger charge is 2.14. The molecular weight excluding hydrogens is 116 g/mol. The fourth-order valence-electron chi connectivity index (χ4n) is 0.944. The minimum atomic E-state index is 0.698. The molecule has 1 N–H and O–H groups in total. The lowest BCUT2D eigenvalue weighted by molar-refractivity contribution is 0.133. The number of hydrogen-bond donors (Lipinski definition) is 1. The van der Waals surface area contributed by atoms with Crippen molar-refractivity contribution >= 4 is 0 Å². The second kappa shape index (κ2) is 1.77. The summed E-state index contributed by atoms with van der Waals surface area (Å²) in [5, 5.41) is 1.88. The van der Waals surface area contributed by atoms with Gasteiger partial charge in [0.2, 0.25) is 5.88 Å². The van der Waals surface area contributed by atoms with E-state index in [0.29, 0.717) is 6.61 Å². The van der Waals surface area contributed by atoms with Gasteiger partial charge in [0, 0.05) is 12.7 Å². The second-order valence-corrected chi connectivity index (χ2v) is 1.97. The highest BCUT2D eigenvalue weighted by molar-refractivity contribution is 5.07. The van der Waals surface area contributed by atoms with Crippen molar-refractivity contribution in [1.82, 2.24) is 10.4 Å². The Morgan fingerprint density at radius 1 is 1.67 bits per heavy atom. The zero-order valence-corrected chi connectivity index (χ0v) is 5.00. The maximum absolute atomic E-state index is 5.24. The third kappa shape index (κ3) is 0.695. The molecule has 2 aliphatic heterocycles. The molecular formula is C6H8N2O. The summed E-state index contributed by atoms with van der Waals surface area (Å²) in [4.78, 5) is 0. The van der Waals surface area contributed by atoms with Crippen molar-refractivity contribution in [3.05, 3.63) is 24.2 Å². The normalized spacial score (nSPS) is 23.1. The summed E-state index contributed by atoms with van der Waals surface area (Å²) >= 11 is 0. The van der Waals surface area contributed by atoms with Crippen LogP contribution in [-0.2, 0) is 4.74 Å². The lowest BCUT2D eigenvalue weighted by Gasteiger charge is -2.20. The molecule has 0 aromatic carbocycles. The Morgan fingerprint density at radius 2 is 2.67 bits per heavy atom. The van der Waals surface area contributed by atoms with Gasteiger partial charge in [0.1, 0.15) is 6.61 Å². The zero-order chi connectivity index (χ0) is 6.10. The highest BCUT2D eigenvalue weighted by atomic mass is 16.5. The van der Waals surface area contributed by atoms with E-state index >= 15 is 0 Å². The Kier molecular flexibility index (Phi) is 0.960. The summed E-state index contributed by atoms with van der Waals surface area (Å²) in [6, 6.07) is 0. The summed E-state index contributed by atoms with van der Waals surface area (Å²) in [6.07, 6.45) is 5.96. The van der Waals surface area contributed by atoms with Gasteiger partial charge in [0.25, 0.3) is 0 Å². The zero-order valence-electron chi connectivity index (χ0n) is 5.00. The van der Waals surface area contributed by atoms with E-state index in [1.807, 2.05) is 23.4 Å². The monoisotopic (exact) mass is 124 g/mol. The van der Waals surface area contributed by atoms with Gasteiger partial charge >= 0.3 is 0 Å². The van der Waals surface area contributed by atoms with Crippen LogP contribution in [0.25, 0.3) is 0 Å². The third-order valence-electron chi connectivity index (χ3n) is 1.36. The number of hydrogen-bond acceptors (Lipinski definition) is 3. The number of rotatable bonds is 0. The first kappa shape index (κ1) is 4.88. The largest absolute Gasteiger partial charge is 0.474 e. The predicted molar refractivity (Wildman–Crippen MR) is 33.0 cm³/mol. The number of fused-ring (bicyclic) bond motifs is 1.